The first-order chi connectivity index (χ1) is 13.6. The first kappa shape index (κ1) is 18.8. The Labute approximate surface area is 172 Å². The van der Waals surface area contributed by atoms with Crippen LogP contribution in [0.15, 0.2) is 46.9 Å². The van der Waals surface area contributed by atoms with Crippen molar-refractivity contribution in [2.45, 2.75) is 19.4 Å². The number of methoxy groups -OCH3 is 1. The molecule has 1 aromatic heterocycles. The lowest BCUT2D eigenvalue weighted by Crippen LogP contribution is -2.40. The minimum absolute atomic E-state index is 0.0491. The van der Waals surface area contributed by atoms with Crippen molar-refractivity contribution in [2.24, 2.45) is 5.92 Å². The van der Waals surface area contributed by atoms with Crippen LogP contribution in [-0.4, -0.2) is 36.1 Å². The number of ether oxygens (including phenoxy) is 1. The van der Waals surface area contributed by atoms with E-state index in [-0.39, 0.29) is 11.8 Å². The second-order valence-corrected chi connectivity index (χ2v) is 7.96. The number of fused-ring (bicyclic) bond motifs is 1. The molecule has 28 heavy (non-hydrogen) atoms. The number of carbonyl (C=O) groups is 1. The predicted molar refractivity (Wildman–Crippen MR) is 114 cm³/mol. The molecule has 7 heteroatoms. The zero-order chi connectivity index (χ0) is 19.5. The van der Waals surface area contributed by atoms with Gasteiger partial charge in [-0.3, -0.25) is 4.79 Å². The van der Waals surface area contributed by atoms with Crippen LogP contribution in [0.3, 0.4) is 0 Å². The summed E-state index contributed by atoms with van der Waals surface area (Å²) in [6.07, 6.45) is 1.66. The van der Waals surface area contributed by atoms with Gasteiger partial charge in [0.2, 0.25) is 11.9 Å². The fraction of sp³-hybridized carbons (Fsp3) is 0.333. The summed E-state index contributed by atoms with van der Waals surface area (Å²) in [7, 11) is 1.65. The molecule has 146 valence electrons. The number of imidazole rings is 1. The lowest BCUT2D eigenvalue weighted by Gasteiger charge is -2.31. The molecule has 1 fully saturated rings. The van der Waals surface area contributed by atoms with Crippen LogP contribution in [0.25, 0.3) is 11.0 Å². The van der Waals surface area contributed by atoms with Gasteiger partial charge in [-0.25, -0.2) is 4.98 Å². The normalized spacial score (nSPS) is 15.0. The standard InChI is InChI=1S/C21H23BrN4O2/c1-28-17-5-2-14(3-6-17)13-23-20(27)15-8-10-26(11-9-15)21-24-18-7-4-16(22)12-19(18)25-21/h2-7,12,15H,8-11,13H2,1H3,(H,23,27)(H,24,25). The van der Waals surface area contributed by atoms with Gasteiger partial charge in [-0.1, -0.05) is 28.1 Å². The van der Waals surface area contributed by atoms with Crippen molar-refractivity contribution >= 4 is 38.8 Å². The largest absolute Gasteiger partial charge is 0.497 e. The van der Waals surface area contributed by atoms with E-state index in [0.29, 0.717) is 6.54 Å². The van der Waals surface area contributed by atoms with Crippen LogP contribution in [0.5, 0.6) is 5.75 Å². The van der Waals surface area contributed by atoms with Gasteiger partial charge in [0.15, 0.2) is 0 Å². The molecule has 0 atom stereocenters. The van der Waals surface area contributed by atoms with Crippen LogP contribution >= 0.6 is 15.9 Å². The number of carbonyl (C=O) groups excluding carboxylic acids is 1. The predicted octanol–water partition coefficient (Wildman–Crippen LogP) is 3.87. The Hall–Kier alpha value is -2.54. The lowest BCUT2D eigenvalue weighted by atomic mass is 9.96. The van der Waals surface area contributed by atoms with Crippen molar-refractivity contribution in [3.05, 3.63) is 52.5 Å². The van der Waals surface area contributed by atoms with E-state index in [1.54, 1.807) is 7.11 Å². The lowest BCUT2D eigenvalue weighted by molar-refractivity contribution is -0.125. The number of hydrogen-bond donors (Lipinski definition) is 2. The van der Waals surface area contributed by atoms with Crippen LogP contribution < -0.4 is 15.0 Å². The monoisotopic (exact) mass is 442 g/mol. The third-order valence-corrected chi connectivity index (χ3v) is 5.72. The minimum Gasteiger partial charge on any atom is -0.497 e. The van der Waals surface area contributed by atoms with Gasteiger partial charge in [0.1, 0.15) is 5.75 Å². The number of nitrogens with zero attached hydrogens (tertiary/aromatic N) is 2. The molecule has 4 rings (SSSR count). The van der Waals surface area contributed by atoms with Crippen molar-refractivity contribution in [3.8, 4) is 5.75 Å². The average molecular weight is 443 g/mol. The Morgan fingerprint density at radius 1 is 1.25 bits per heavy atom. The highest BCUT2D eigenvalue weighted by atomic mass is 79.9. The van der Waals surface area contributed by atoms with Crippen molar-refractivity contribution in [1.29, 1.82) is 0 Å². The number of H-pyrrole nitrogens is 1. The van der Waals surface area contributed by atoms with Gasteiger partial charge in [0.25, 0.3) is 0 Å². The number of halogens is 1. The summed E-state index contributed by atoms with van der Waals surface area (Å²) < 4.78 is 6.19. The van der Waals surface area contributed by atoms with Gasteiger partial charge >= 0.3 is 0 Å². The van der Waals surface area contributed by atoms with Gasteiger partial charge in [-0.15, -0.1) is 0 Å². The van der Waals surface area contributed by atoms with Gasteiger partial charge in [-0.05, 0) is 48.7 Å². The van der Waals surface area contributed by atoms with Gasteiger partial charge in [-0.2, -0.15) is 0 Å². The van der Waals surface area contributed by atoms with E-state index >= 15 is 0 Å². The molecule has 2 heterocycles. The molecular weight excluding hydrogens is 420 g/mol. The Kier molecular flexibility index (Phi) is 5.52. The molecule has 0 saturated carbocycles. The first-order valence-electron chi connectivity index (χ1n) is 9.43. The molecule has 0 radical (unpaired) electrons. The van der Waals surface area contributed by atoms with Crippen LogP contribution in [0.4, 0.5) is 5.95 Å². The molecule has 2 aromatic carbocycles. The molecule has 0 spiro atoms. The zero-order valence-electron chi connectivity index (χ0n) is 15.7. The molecule has 1 amide bonds. The van der Waals surface area contributed by atoms with Crippen molar-refractivity contribution in [2.75, 3.05) is 25.1 Å². The van der Waals surface area contributed by atoms with Crippen LogP contribution in [0, 0.1) is 5.92 Å². The summed E-state index contributed by atoms with van der Waals surface area (Å²) in [6, 6.07) is 13.8. The van der Waals surface area contributed by atoms with E-state index in [0.717, 1.165) is 58.7 Å². The number of rotatable bonds is 5. The Morgan fingerprint density at radius 2 is 2.00 bits per heavy atom. The second kappa shape index (κ2) is 8.22. The zero-order valence-corrected chi connectivity index (χ0v) is 17.3. The minimum atomic E-state index is 0.0491. The number of aromatic amines is 1. The molecule has 0 bridgehead atoms. The quantitative estimate of drug-likeness (QED) is 0.628. The molecule has 1 aliphatic rings. The second-order valence-electron chi connectivity index (χ2n) is 7.05. The molecule has 0 aliphatic carbocycles. The van der Waals surface area contributed by atoms with E-state index < -0.39 is 0 Å². The SMILES string of the molecule is COc1ccc(CNC(=O)C2CCN(c3nc4ccc(Br)cc4[nH]3)CC2)cc1. The van der Waals surface area contributed by atoms with Gasteiger partial charge in [0, 0.05) is 30.0 Å². The van der Waals surface area contributed by atoms with E-state index in [1.807, 2.05) is 42.5 Å². The molecular formula is C21H23BrN4O2. The van der Waals surface area contributed by atoms with E-state index in [9.17, 15) is 4.79 Å². The molecule has 6 nitrogen and oxygen atoms in total. The number of benzene rings is 2. The first-order valence-corrected chi connectivity index (χ1v) is 10.2. The summed E-state index contributed by atoms with van der Waals surface area (Å²) in [5, 5.41) is 3.06. The molecule has 1 aliphatic heterocycles. The van der Waals surface area contributed by atoms with Crippen LogP contribution in [0.2, 0.25) is 0 Å². The maximum absolute atomic E-state index is 12.5. The fourth-order valence-electron chi connectivity index (χ4n) is 3.55. The van der Waals surface area contributed by atoms with Crippen molar-refractivity contribution < 1.29 is 9.53 Å². The van der Waals surface area contributed by atoms with E-state index in [4.69, 9.17) is 4.74 Å². The molecule has 2 N–H and O–H groups in total. The summed E-state index contributed by atoms with van der Waals surface area (Å²) in [4.78, 5) is 22.8. The summed E-state index contributed by atoms with van der Waals surface area (Å²) >= 11 is 3.49. The highest BCUT2D eigenvalue weighted by molar-refractivity contribution is 9.10. The topological polar surface area (TPSA) is 70.2 Å². The van der Waals surface area contributed by atoms with E-state index in [2.05, 4.69) is 36.1 Å². The highest BCUT2D eigenvalue weighted by Gasteiger charge is 2.26. The molecule has 3 aromatic rings. The third kappa shape index (κ3) is 4.14. The smallest absolute Gasteiger partial charge is 0.223 e. The van der Waals surface area contributed by atoms with Gasteiger partial charge in [0.05, 0.1) is 18.1 Å². The number of piperidine rings is 1. The van der Waals surface area contributed by atoms with Crippen molar-refractivity contribution in [3.63, 3.8) is 0 Å². The molecule has 1 saturated heterocycles. The number of anilines is 1. The van der Waals surface area contributed by atoms with Crippen molar-refractivity contribution in [1.82, 2.24) is 15.3 Å². The number of nitrogens with one attached hydrogen (secondary N) is 2. The highest BCUT2D eigenvalue weighted by Crippen LogP contribution is 2.25. The summed E-state index contributed by atoms with van der Waals surface area (Å²) in [6.45, 7) is 2.19. The average Bonchev–Trinajstić information content (AvgIpc) is 3.15. The number of aromatic nitrogens is 2. The van der Waals surface area contributed by atoms with Crippen LogP contribution in [-0.2, 0) is 11.3 Å². The Bertz CT molecular complexity index is 962. The maximum Gasteiger partial charge on any atom is 0.223 e. The fourth-order valence-corrected chi connectivity index (χ4v) is 3.91. The summed E-state index contributed by atoms with van der Waals surface area (Å²) in [5.74, 6) is 1.88. The maximum atomic E-state index is 12.5. The Balaban J connectivity index is 1.30. The number of amides is 1. The molecule has 0 unspecified atom stereocenters. The summed E-state index contributed by atoms with van der Waals surface area (Å²) in [5.41, 5.74) is 3.04. The van der Waals surface area contributed by atoms with Crippen LogP contribution in [0.1, 0.15) is 18.4 Å². The van der Waals surface area contributed by atoms with Gasteiger partial charge < -0.3 is 19.9 Å². The van der Waals surface area contributed by atoms with E-state index in [1.165, 1.54) is 0 Å². The Morgan fingerprint density at radius 3 is 2.71 bits per heavy atom. The third-order valence-electron chi connectivity index (χ3n) is 5.22. The number of hydrogen-bond acceptors (Lipinski definition) is 4.